The Morgan fingerprint density at radius 3 is 2.77 bits per heavy atom. The van der Waals surface area contributed by atoms with Gasteiger partial charge in [0.2, 0.25) is 0 Å². The highest BCUT2D eigenvalue weighted by Gasteiger charge is 2.04. The van der Waals surface area contributed by atoms with Crippen LogP contribution in [0.25, 0.3) is 0 Å². The number of ether oxygens (including phenoxy) is 1. The zero-order chi connectivity index (χ0) is 9.84. The molecule has 0 aromatic heterocycles. The molecule has 0 aliphatic heterocycles. The Balaban J connectivity index is 2.71. The van der Waals surface area contributed by atoms with E-state index in [-0.39, 0.29) is 0 Å². The summed E-state index contributed by atoms with van der Waals surface area (Å²) in [5, 5.41) is 0.503. The molecule has 1 rings (SSSR count). The van der Waals surface area contributed by atoms with E-state index in [9.17, 15) is 0 Å². The number of hydrogen-bond donors (Lipinski definition) is 1. The predicted octanol–water partition coefficient (Wildman–Crippen LogP) is 2.96. The van der Waals surface area contributed by atoms with Gasteiger partial charge in [0.25, 0.3) is 0 Å². The molecule has 0 amide bonds. The molecule has 3 heteroatoms. The molecule has 0 radical (unpaired) electrons. The molecular formula is C10H14ClNO. The summed E-state index contributed by atoms with van der Waals surface area (Å²) in [6.45, 7) is 4.82. The summed E-state index contributed by atoms with van der Waals surface area (Å²) in [5.41, 5.74) is 6.17. The van der Waals surface area contributed by atoms with E-state index < -0.39 is 0 Å². The van der Waals surface area contributed by atoms with Crippen molar-refractivity contribution in [2.45, 2.75) is 13.8 Å². The van der Waals surface area contributed by atoms with Crippen LogP contribution in [0.15, 0.2) is 18.2 Å². The fourth-order valence-electron chi connectivity index (χ4n) is 0.896. The number of rotatable bonds is 3. The van der Waals surface area contributed by atoms with Crippen LogP contribution in [0.2, 0.25) is 5.02 Å². The van der Waals surface area contributed by atoms with Crippen LogP contribution in [0.5, 0.6) is 5.75 Å². The zero-order valence-electron chi connectivity index (χ0n) is 7.88. The van der Waals surface area contributed by atoms with Crippen molar-refractivity contribution in [2.24, 2.45) is 5.92 Å². The molecule has 0 aliphatic rings. The number of benzene rings is 1. The zero-order valence-corrected chi connectivity index (χ0v) is 8.64. The van der Waals surface area contributed by atoms with Crippen LogP contribution in [-0.2, 0) is 0 Å². The Morgan fingerprint density at radius 2 is 2.15 bits per heavy atom. The van der Waals surface area contributed by atoms with Gasteiger partial charge in [0.1, 0.15) is 10.8 Å². The van der Waals surface area contributed by atoms with E-state index >= 15 is 0 Å². The lowest BCUT2D eigenvalue weighted by molar-refractivity contribution is 0.271. The molecule has 0 bridgehead atoms. The molecule has 13 heavy (non-hydrogen) atoms. The van der Waals surface area contributed by atoms with Crippen LogP contribution in [0.3, 0.4) is 0 Å². The summed E-state index contributed by atoms with van der Waals surface area (Å²) in [6.07, 6.45) is 0. The molecule has 0 heterocycles. The minimum atomic E-state index is 0.484. The number of nitrogens with two attached hydrogens (primary N) is 1. The maximum absolute atomic E-state index is 5.93. The third-order valence-corrected chi connectivity index (χ3v) is 1.97. The van der Waals surface area contributed by atoms with Gasteiger partial charge in [0.05, 0.1) is 12.3 Å². The maximum atomic E-state index is 5.93. The molecule has 0 spiro atoms. The van der Waals surface area contributed by atoms with Crippen LogP contribution in [0, 0.1) is 5.92 Å². The number of nitrogen functional groups attached to an aromatic ring is 1. The quantitative estimate of drug-likeness (QED) is 0.760. The second-order valence-electron chi connectivity index (χ2n) is 3.36. The molecule has 0 saturated heterocycles. The van der Waals surface area contributed by atoms with E-state index in [1.165, 1.54) is 0 Å². The lowest BCUT2D eigenvalue weighted by Crippen LogP contribution is -2.05. The van der Waals surface area contributed by atoms with Gasteiger partial charge in [-0.2, -0.15) is 0 Å². The monoisotopic (exact) mass is 199 g/mol. The minimum absolute atomic E-state index is 0.484. The predicted molar refractivity (Wildman–Crippen MR) is 56.2 cm³/mol. The fourth-order valence-corrected chi connectivity index (χ4v) is 1.08. The first kappa shape index (κ1) is 10.2. The van der Waals surface area contributed by atoms with Gasteiger partial charge in [0, 0.05) is 0 Å². The van der Waals surface area contributed by atoms with Crippen molar-refractivity contribution < 1.29 is 4.74 Å². The molecule has 1 aromatic rings. The Hall–Kier alpha value is -0.890. The average molecular weight is 200 g/mol. The molecule has 0 unspecified atom stereocenters. The van der Waals surface area contributed by atoms with Crippen LogP contribution < -0.4 is 10.5 Å². The van der Waals surface area contributed by atoms with Gasteiger partial charge < -0.3 is 10.5 Å². The molecule has 0 aliphatic carbocycles. The highest BCUT2D eigenvalue weighted by molar-refractivity contribution is 6.34. The number of halogens is 1. The van der Waals surface area contributed by atoms with Crippen molar-refractivity contribution in [3.8, 4) is 5.75 Å². The molecule has 0 atom stereocenters. The third-order valence-electron chi connectivity index (χ3n) is 1.57. The normalized spacial score (nSPS) is 10.5. The Kier molecular flexibility index (Phi) is 3.43. The maximum Gasteiger partial charge on any atom is 0.140 e. The smallest absolute Gasteiger partial charge is 0.140 e. The first-order chi connectivity index (χ1) is 6.11. The van der Waals surface area contributed by atoms with Crippen LogP contribution in [0.4, 0.5) is 5.69 Å². The summed E-state index contributed by atoms with van der Waals surface area (Å²) in [7, 11) is 0. The van der Waals surface area contributed by atoms with Gasteiger partial charge in [-0.15, -0.1) is 0 Å². The second kappa shape index (κ2) is 4.38. The Morgan fingerprint density at radius 1 is 1.46 bits per heavy atom. The van der Waals surface area contributed by atoms with Crippen LogP contribution >= 0.6 is 11.6 Å². The molecule has 0 saturated carbocycles. The highest BCUT2D eigenvalue weighted by Crippen LogP contribution is 2.29. The lowest BCUT2D eigenvalue weighted by Gasteiger charge is -2.10. The largest absolute Gasteiger partial charge is 0.492 e. The third kappa shape index (κ3) is 2.81. The molecule has 0 fully saturated rings. The topological polar surface area (TPSA) is 35.2 Å². The Labute approximate surface area is 83.6 Å². The molecular weight excluding hydrogens is 186 g/mol. The van der Waals surface area contributed by atoms with E-state index in [2.05, 4.69) is 13.8 Å². The summed E-state index contributed by atoms with van der Waals surface area (Å²) in [5.74, 6) is 1.15. The SMILES string of the molecule is CC(C)COc1cccc(N)c1Cl. The van der Waals surface area contributed by atoms with Gasteiger partial charge in [-0.3, -0.25) is 0 Å². The van der Waals surface area contributed by atoms with Crippen molar-refractivity contribution in [3.05, 3.63) is 23.2 Å². The highest BCUT2D eigenvalue weighted by atomic mass is 35.5. The van der Waals surface area contributed by atoms with E-state index in [4.69, 9.17) is 22.1 Å². The van der Waals surface area contributed by atoms with Crippen LogP contribution in [0.1, 0.15) is 13.8 Å². The van der Waals surface area contributed by atoms with Gasteiger partial charge in [0.15, 0.2) is 0 Å². The minimum Gasteiger partial charge on any atom is -0.492 e. The average Bonchev–Trinajstić information content (AvgIpc) is 2.07. The molecule has 72 valence electrons. The number of anilines is 1. The van der Waals surface area contributed by atoms with Gasteiger partial charge in [-0.05, 0) is 18.1 Å². The molecule has 2 N–H and O–H groups in total. The van der Waals surface area contributed by atoms with E-state index in [1.54, 1.807) is 6.07 Å². The van der Waals surface area contributed by atoms with Crippen molar-refractivity contribution >= 4 is 17.3 Å². The first-order valence-corrected chi connectivity index (χ1v) is 4.66. The van der Waals surface area contributed by atoms with Crippen LogP contribution in [-0.4, -0.2) is 6.61 Å². The molecule has 1 aromatic carbocycles. The lowest BCUT2D eigenvalue weighted by atomic mass is 10.2. The van der Waals surface area contributed by atoms with Crippen molar-refractivity contribution in [1.82, 2.24) is 0 Å². The van der Waals surface area contributed by atoms with Crippen molar-refractivity contribution in [2.75, 3.05) is 12.3 Å². The van der Waals surface area contributed by atoms with E-state index in [1.807, 2.05) is 12.1 Å². The standard InChI is InChI=1S/C10H14ClNO/c1-7(2)6-13-9-5-3-4-8(12)10(9)11/h3-5,7H,6,12H2,1-2H3. The molecule has 2 nitrogen and oxygen atoms in total. The fraction of sp³-hybridized carbons (Fsp3) is 0.400. The van der Waals surface area contributed by atoms with Gasteiger partial charge >= 0.3 is 0 Å². The van der Waals surface area contributed by atoms with Gasteiger partial charge in [-0.25, -0.2) is 0 Å². The van der Waals surface area contributed by atoms with E-state index in [0.29, 0.717) is 29.0 Å². The first-order valence-electron chi connectivity index (χ1n) is 4.28. The second-order valence-corrected chi connectivity index (χ2v) is 3.74. The summed E-state index contributed by atoms with van der Waals surface area (Å²) >= 11 is 5.93. The van der Waals surface area contributed by atoms with Crippen molar-refractivity contribution in [3.63, 3.8) is 0 Å². The van der Waals surface area contributed by atoms with Gasteiger partial charge in [-0.1, -0.05) is 31.5 Å². The summed E-state index contributed by atoms with van der Waals surface area (Å²) in [4.78, 5) is 0. The Bertz CT molecular complexity index is 286. The summed E-state index contributed by atoms with van der Waals surface area (Å²) in [6, 6.07) is 5.41. The number of hydrogen-bond acceptors (Lipinski definition) is 2. The van der Waals surface area contributed by atoms with E-state index in [0.717, 1.165) is 0 Å². The van der Waals surface area contributed by atoms with Crippen molar-refractivity contribution in [1.29, 1.82) is 0 Å². The summed E-state index contributed by atoms with van der Waals surface area (Å²) < 4.78 is 5.47.